The number of esters is 1. The molecule has 3 saturated carbocycles. The van der Waals surface area contributed by atoms with Gasteiger partial charge in [0.25, 0.3) is 0 Å². The van der Waals surface area contributed by atoms with E-state index in [0.29, 0.717) is 17.3 Å². The third kappa shape index (κ3) is 6.84. The minimum atomic E-state index is -0.551. The Balaban J connectivity index is 1.67. The SMILES string of the molecule is C=C1CC[C@H](OC(=O)CBr)C/C1=C/C=C1CCC[C@@]2(C)C1CC[C@@H]2[C@H](C)CCCC(C)(C)O. The first-order valence-electron chi connectivity index (χ1n) is 13.1. The standard InChI is InChI=1S/C29H45BrO3/c1-20-10-13-24(33-27(31)19-30)18-23(20)12-11-22-9-7-17-29(5)25(14-15-26(22)29)21(2)8-6-16-28(3,4)32/h11-12,21,24-26,32H,1,6-10,13-19H2,2-5H3/b22-11?,23-12-/t21-,24+,25-,26?,29-/m1/s1. The first-order valence-corrected chi connectivity index (χ1v) is 14.2. The second-order valence-corrected chi connectivity index (χ2v) is 12.4. The second-order valence-electron chi connectivity index (χ2n) is 11.8. The van der Waals surface area contributed by atoms with E-state index in [1.807, 2.05) is 13.8 Å². The van der Waals surface area contributed by atoms with Crippen LogP contribution in [0.1, 0.15) is 98.3 Å². The smallest absolute Gasteiger partial charge is 0.316 e. The molecule has 186 valence electrons. The zero-order valence-corrected chi connectivity index (χ0v) is 22.9. The molecular formula is C29H45BrO3. The molecule has 0 aliphatic heterocycles. The van der Waals surface area contributed by atoms with Gasteiger partial charge in [-0.3, -0.25) is 4.79 Å². The minimum Gasteiger partial charge on any atom is -0.461 e. The predicted molar refractivity (Wildman–Crippen MR) is 140 cm³/mol. The van der Waals surface area contributed by atoms with Crippen LogP contribution in [0.2, 0.25) is 0 Å². The fourth-order valence-electron chi connectivity index (χ4n) is 6.97. The van der Waals surface area contributed by atoms with Crippen molar-refractivity contribution >= 4 is 21.9 Å². The van der Waals surface area contributed by atoms with Crippen molar-refractivity contribution in [3.63, 3.8) is 0 Å². The van der Waals surface area contributed by atoms with Gasteiger partial charge in [0.05, 0.1) is 5.60 Å². The van der Waals surface area contributed by atoms with E-state index in [1.54, 1.807) is 5.57 Å². The molecule has 0 aromatic carbocycles. The Morgan fingerprint density at radius 1 is 1.30 bits per heavy atom. The monoisotopic (exact) mass is 520 g/mol. The summed E-state index contributed by atoms with van der Waals surface area (Å²) in [5.41, 5.74) is 3.91. The van der Waals surface area contributed by atoms with E-state index in [2.05, 4.69) is 48.5 Å². The van der Waals surface area contributed by atoms with Crippen molar-refractivity contribution < 1.29 is 14.6 Å². The van der Waals surface area contributed by atoms with Crippen LogP contribution in [-0.2, 0) is 9.53 Å². The number of allylic oxidation sites excluding steroid dienone is 4. The summed E-state index contributed by atoms with van der Waals surface area (Å²) < 4.78 is 5.59. The Kier molecular flexibility index (Phi) is 9.11. The molecule has 0 radical (unpaired) electrons. The van der Waals surface area contributed by atoms with Crippen molar-refractivity contribution in [3.05, 3.63) is 35.5 Å². The first kappa shape index (κ1) is 26.7. The Labute approximate surface area is 210 Å². The highest BCUT2D eigenvalue weighted by atomic mass is 79.9. The fourth-order valence-corrected chi connectivity index (χ4v) is 7.10. The van der Waals surface area contributed by atoms with E-state index in [9.17, 15) is 9.90 Å². The van der Waals surface area contributed by atoms with Gasteiger partial charge in [0.2, 0.25) is 0 Å². The lowest BCUT2D eigenvalue weighted by atomic mass is 9.60. The molecule has 0 heterocycles. The zero-order chi connectivity index (χ0) is 24.2. The number of carbonyl (C=O) groups excluding carboxylic acids is 1. The molecular weight excluding hydrogens is 476 g/mol. The van der Waals surface area contributed by atoms with E-state index in [-0.39, 0.29) is 17.4 Å². The van der Waals surface area contributed by atoms with E-state index < -0.39 is 5.60 Å². The topological polar surface area (TPSA) is 46.5 Å². The van der Waals surface area contributed by atoms with Crippen molar-refractivity contribution in [3.8, 4) is 0 Å². The summed E-state index contributed by atoms with van der Waals surface area (Å²) in [6.45, 7) is 13.1. The molecule has 3 aliphatic rings. The molecule has 33 heavy (non-hydrogen) atoms. The van der Waals surface area contributed by atoms with Crippen LogP contribution in [0.5, 0.6) is 0 Å². The number of fused-ring (bicyclic) bond motifs is 1. The number of alkyl halides is 1. The lowest BCUT2D eigenvalue weighted by Crippen LogP contribution is -2.36. The maximum Gasteiger partial charge on any atom is 0.316 e. The lowest BCUT2D eigenvalue weighted by Gasteiger charge is -2.44. The van der Waals surface area contributed by atoms with Crippen LogP contribution in [0.3, 0.4) is 0 Å². The Morgan fingerprint density at radius 3 is 2.76 bits per heavy atom. The first-order chi connectivity index (χ1) is 15.5. The highest BCUT2D eigenvalue weighted by Gasteiger charge is 2.50. The largest absolute Gasteiger partial charge is 0.461 e. The molecule has 0 amide bonds. The van der Waals surface area contributed by atoms with Gasteiger partial charge in [-0.1, -0.05) is 72.5 Å². The molecule has 4 heteroatoms. The second kappa shape index (κ2) is 11.2. The molecule has 0 spiro atoms. The van der Waals surface area contributed by atoms with Crippen LogP contribution in [0, 0.1) is 23.2 Å². The Morgan fingerprint density at radius 2 is 2.06 bits per heavy atom. The molecule has 3 aliphatic carbocycles. The summed E-state index contributed by atoms with van der Waals surface area (Å²) in [5.74, 6) is 1.99. The van der Waals surface area contributed by atoms with Crippen LogP contribution in [0.25, 0.3) is 0 Å². The van der Waals surface area contributed by atoms with E-state index in [0.717, 1.165) is 38.0 Å². The molecule has 0 aromatic rings. The highest BCUT2D eigenvalue weighted by molar-refractivity contribution is 9.09. The molecule has 1 N–H and O–H groups in total. The summed E-state index contributed by atoms with van der Waals surface area (Å²) in [4.78, 5) is 11.7. The van der Waals surface area contributed by atoms with Crippen molar-refractivity contribution in [1.82, 2.24) is 0 Å². The molecule has 1 unspecified atom stereocenters. The van der Waals surface area contributed by atoms with Gasteiger partial charge >= 0.3 is 5.97 Å². The summed E-state index contributed by atoms with van der Waals surface area (Å²) >= 11 is 3.19. The quantitative estimate of drug-likeness (QED) is 0.263. The number of rotatable bonds is 8. The van der Waals surface area contributed by atoms with Gasteiger partial charge < -0.3 is 9.84 Å². The van der Waals surface area contributed by atoms with E-state index in [4.69, 9.17) is 4.74 Å². The van der Waals surface area contributed by atoms with E-state index in [1.165, 1.54) is 49.7 Å². The Hall–Kier alpha value is -0.870. The lowest BCUT2D eigenvalue weighted by molar-refractivity contribution is -0.146. The van der Waals surface area contributed by atoms with Gasteiger partial charge in [0, 0.05) is 6.42 Å². The third-order valence-corrected chi connectivity index (χ3v) is 9.21. The maximum atomic E-state index is 11.7. The highest BCUT2D eigenvalue weighted by Crippen LogP contribution is 2.60. The van der Waals surface area contributed by atoms with Crippen molar-refractivity contribution in [1.29, 1.82) is 0 Å². The van der Waals surface area contributed by atoms with Crippen LogP contribution < -0.4 is 0 Å². The molecule has 3 nitrogen and oxygen atoms in total. The van der Waals surface area contributed by atoms with Gasteiger partial charge in [-0.05, 0) is 94.0 Å². The molecule has 5 atom stereocenters. The number of hydrogen-bond donors (Lipinski definition) is 1. The molecule has 3 rings (SSSR count). The summed E-state index contributed by atoms with van der Waals surface area (Å²) in [6.07, 6.45) is 16.9. The predicted octanol–water partition coefficient (Wildman–Crippen LogP) is 7.68. The van der Waals surface area contributed by atoms with Crippen molar-refractivity contribution in [2.24, 2.45) is 23.2 Å². The number of ether oxygens (including phenoxy) is 1. The van der Waals surface area contributed by atoms with Crippen LogP contribution in [0.4, 0.5) is 0 Å². The molecule has 0 aromatic heterocycles. The van der Waals surface area contributed by atoms with Crippen LogP contribution >= 0.6 is 15.9 Å². The normalized spacial score (nSPS) is 33.9. The molecule has 0 saturated heterocycles. The fraction of sp³-hybridized carbons (Fsp3) is 0.759. The molecule has 0 bridgehead atoms. The maximum absolute atomic E-state index is 11.7. The number of carbonyl (C=O) groups is 1. The average molecular weight is 522 g/mol. The van der Waals surface area contributed by atoms with E-state index >= 15 is 0 Å². The number of hydrogen-bond acceptors (Lipinski definition) is 3. The zero-order valence-electron chi connectivity index (χ0n) is 21.3. The van der Waals surface area contributed by atoms with Gasteiger partial charge in [-0.15, -0.1) is 0 Å². The van der Waals surface area contributed by atoms with Gasteiger partial charge in [0.1, 0.15) is 11.4 Å². The van der Waals surface area contributed by atoms with Crippen molar-refractivity contribution in [2.75, 3.05) is 5.33 Å². The van der Waals surface area contributed by atoms with Gasteiger partial charge in [0.15, 0.2) is 0 Å². The number of aliphatic hydroxyl groups is 1. The van der Waals surface area contributed by atoms with Crippen molar-refractivity contribution in [2.45, 2.75) is 110 Å². The minimum absolute atomic E-state index is 0.0255. The summed E-state index contributed by atoms with van der Waals surface area (Å²) in [5, 5.41) is 10.3. The third-order valence-electron chi connectivity index (χ3n) is 8.75. The summed E-state index contributed by atoms with van der Waals surface area (Å²) in [6, 6.07) is 0. The van der Waals surface area contributed by atoms with Gasteiger partial charge in [-0.25, -0.2) is 0 Å². The number of halogens is 1. The van der Waals surface area contributed by atoms with Crippen LogP contribution in [0.15, 0.2) is 35.5 Å². The molecule has 3 fully saturated rings. The van der Waals surface area contributed by atoms with Crippen LogP contribution in [-0.4, -0.2) is 28.1 Å². The summed E-state index contributed by atoms with van der Waals surface area (Å²) in [7, 11) is 0. The average Bonchev–Trinajstić information content (AvgIpc) is 3.10. The van der Waals surface area contributed by atoms with Gasteiger partial charge in [-0.2, -0.15) is 0 Å². The Bertz CT molecular complexity index is 774.